The van der Waals surface area contributed by atoms with E-state index in [0.717, 1.165) is 0 Å². The summed E-state index contributed by atoms with van der Waals surface area (Å²) in [7, 11) is 0. The van der Waals surface area contributed by atoms with Gasteiger partial charge in [-0.1, -0.05) is 0 Å². The van der Waals surface area contributed by atoms with Gasteiger partial charge in [-0.2, -0.15) is 0 Å². The van der Waals surface area contributed by atoms with Gasteiger partial charge in [-0.3, -0.25) is 9.79 Å². The van der Waals surface area contributed by atoms with Crippen LogP contribution in [-0.2, 0) is 4.79 Å². The molecule has 4 heteroatoms. The highest BCUT2D eigenvalue weighted by Crippen LogP contribution is 2.02. The Bertz CT molecular complexity index is 123. The number of hydrogen-bond donors (Lipinski definition) is 1. The maximum atomic E-state index is 9.99. The first-order valence-electron chi connectivity index (χ1n) is 2.29. The number of nitrogens with zero attached hydrogens (tertiary/aromatic N) is 1. The monoisotopic (exact) mass is 144 g/mol. The van der Waals surface area contributed by atoms with Gasteiger partial charge in [0.25, 0.3) is 0 Å². The zero-order valence-corrected chi connectivity index (χ0v) is 5.73. The molecule has 0 aromatic rings. The third-order valence-corrected chi connectivity index (χ3v) is 1.20. The molecular weight excluding hydrogens is 136 g/mol. The molecule has 0 aromatic carbocycles. The topological polar surface area (TPSA) is 55.5 Å². The summed E-state index contributed by atoms with van der Waals surface area (Å²) in [6.45, 7) is 3.18. The third-order valence-electron chi connectivity index (χ3n) is 0.604. The van der Waals surface area contributed by atoms with Crippen molar-refractivity contribution in [1.29, 1.82) is 0 Å². The van der Waals surface area contributed by atoms with E-state index in [9.17, 15) is 4.79 Å². The highest BCUT2D eigenvalue weighted by molar-refractivity contribution is 8.02. The van der Waals surface area contributed by atoms with Crippen LogP contribution in [0.3, 0.4) is 0 Å². The molecule has 0 saturated carbocycles. The highest BCUT2D eigenvalue weighted by atomic mass is 32.2. The predicted molar refractivity (Wildman–Crippen MR) is 40.3 cm³/mol. The van der Waals surface area contributed by atoms with Gasteiger partial charge in [0.15, 0.2) is 6.29 Å². The minimum absolute atomic E-state index is 0.324. The first-order chi connectivity index (χ1) is 4.35. The minimum atomic E-state index is 0.324. The molecule has 3 nitrogen and oxygen atoms in total. The van der Waals surface area contributed by atoms with E-state index in [-0.39, 0.29) is 0 Å². The summed E-state index contributed by atoms with van der Waals surface area (Å²) in [5.74, 6) is 0.451. The van der Waals surface area contributed by atoms with Gasteiger partial charge in [0.1, 0.15) is 5.70 Å². The minimum Gasteiger partial charge on any atom is -0.322 e. The van der Waals surface area contributed by atoms with E-state index in [2.05, 4.69) is 11.7 Å². The van der Waals surface area contributed by atoms with Gasteiger partial charge < -0.3 is 5.73 Å². The number of carbonyl (C=O) groups is 1. The van der Waals surface area contributed by atoms with Gasteiger partial charge in [-0.15, -0.1) is 11.8 Å². The van der Waals surface area contributed by atoms with Crippen molar-refractivity contribution in [2.24, 2.45) is 10.7 Å². The Balaban J connectivity index is 3.75. The van der Waals surface area contributed by atoms with Crippen LogP contribution in [0.1, 0.15) is 0 Å². The molecule has 0 amide bonds. The van der Waals surface area contributed by atoms with Crippen LogP contribution in [0, 0.1) is 0 Å². The normalized spacial score (nSPS) is 11.0. The molecule has 0 aliphatic carbocycles. The van der Waals surface area contributed by atoms with Crippen LogP contribution in [0.25, 0.3) is 0 Å². The Morgan fingerprint density at radius 1 is 1.89 bits per heavy atom. The van der Waals surface area contributed by atoms with Crippen LogP contribution < -0.4 is 5.73 Å². The summed E-state index contributed by atoms with van der Waals surface area (Å²) in [6.07, 6.45) is 0.635. The molecule has 0 atom stereocenters. The average molecular weight is 144 g/mol. The molecule has 0 rings (SSSR count). The number of hydrogen-bond acceptors (Lipinski definition) is 4. The third kappa shape index (κ3) is 3.93. The SMILES string of the molecule is C=N/C(C=O)=C\SCN. The molecule has 0 heterocycles. The maximum Gasteiger partial charge on any atom is 0.168 e. The Hall–Kier alpha value is -0.610. The second kappa shape index (κ2) is 5.53. The summed E-state index contributed by atoms with van der Waals surface area (Å²) >= 11 is 1.32. The Kier molecular flexibility index (Phi) is 5.15. The summed E-state index contributed by atoms with van der Waals surface area (Å²) in [4.78, 5) is 13.4. The van der Waals surface area contributed by atoms with E-state index in [1.165, 1.54) is 11.8 Å². The lowest BCUT2D eigenvalue weighted by Gasteiger charge is -1.86. The van der Waals surface area contributed by atoms with Gasteiger partial charge in [0.05, 0.1) is 0 Å². The lowest BCUT2D eigenvalue weighted by molar-refractivity contribution is -0.104. The van der Waals surface area contributed by atoms with E-state index < -0.39 is 0 Å². The standard InChI is InChI=1S/C5H8N2OS/c1-7-5(2-8)3-9-4-6/h2-3H,1,4,6H2/b5-3-. The Morgan fingerprint density at radius 3 is 2.89 bits per heavy atom. The van der Waals surface area contributed by atoms with Crippen LogP contribution in [-0.4, -0.2) is 18.9 Å². The molecular formula is C5H8N2OS. The molecule has 9 heavy (non-hydrogen) atoms. The smallest absolute Gasteiger partial charge is 0.168 e. The second-order valence-corrected chi connectivity index (χ2v) is 2.05. The number of allylic oxidation sites excluding steroid dienone is 1. The van der Waals surface area contributed by atoms with Crippen LogP contribution in [0.15, 0.2) is 16.1 Å². The molecule has 0 aliphatic rings. The fourth-order valence-corrected chi connectivity index (χ4v) is 0.633. The van der Waals surface area contributed by atoms with Crippen molar-refractivity contribution in [2.45, 2.75) is 0 Å². The van der Waals surface area contributed by atoms with Crippen molar-refractivity contribution in [3.05, 3.63) is 11.1 Å². The largest absolute Gasteiger partial charge is 0.322 e. The van der Waals surface area contributed by atoms with E-state index >= 15 is 0 Å². The van der Waals surface area contributed by atoms with Crippen LogP contribution in [0.2, 0.25) is 0 Å². The molecule has 0 unspecified atom stereocenters. The zero-order chi connectivity index (χ0) is 7.11. The van der Waals surface area contributed by atoms with Crippen molar-refractivity contribution in [1.82, 2.24) is 0 Å². The fourth-order valence-electron chi connectivity index (χ4n) is 0.236. The number of rotatable bonds is 4. The summed E-state index contributed by atoms with van der Waals surface area (Å²) in [5, 5.41) is 1.57. The van der Waals surface area contributed by atoms with Crippen molar-refractivity contribution < 1.29 is 4.79 Å². The highest BCUT2D eigenvalue weighted by Gasteiger charge is 1.85. The lowest BCUT2D eigenvalue weighted by atomic mass is 10.6. The number of nitrogens with two attached hydrogens (primary N) is 1. The quantitative estimate of drug-likeness (QED) is 0.268. The molecule has 0 radical (unpaired) electrons. The number of carbonyl (C=O) groups excluding carboxylic acids is 1. The fraction of sp³-hybridized carbons (Fsp3) is 0.200. The summed E-state index contributed by atoms with van der Waals surface area (Å²) in [5.41, 5.74) is 5.45. The first kappa shape index (κ1) is 8.39. The van der Waals surface area contributed by atoms with Crippen molar-refractivity contribution in [2.75, 3.05) is 5.88 Å². The van der Waals surface area contributed by atoms with Crippen LogP contribution in [0.4, 0.5) is 0 Å². The van der Waals surface area contributed by atoms with E-state index in [0.29, 0.717) is 17.9 Å². The molecule has 0 spiro atoms. The van der Waals surface area contributed by atoms with Crippen LogP contribution >= 0.6 is 11.8 Å². The van der Waals surface area contributed by atoms with E-state index in [4.69, 9.17) is 5.73 Å². The number of thioether (sulfide) groups is 1. The second-order valence-electron chi connectivity index (χ2n) is 1.15. The lowest BCUT2D eigenvalue weighted by Crippen LogP contribution is -1.90. The van der Waals surface area contributed by atoms with Gasteiger partial charge in [-0.05, 0) is 6.72 Å². The molecule has 0 fully saturated rings. The maximum absolute atomic E-state index is 9.99. The molecule has 0 bridgehead atoms. The summed E-state index contributed by atoms with van der Waals surface area (Å²) in [6, 6.07) is 0. The van der Waals surface area contributed by atoms with E-state index in [1.807, 2.05) is 0 Å². The number of aldehydes is 1. The van der Waals surface area contributed by atoms with Crippen molar-refractivity contribution in [3.8, 4) is 0 Å². The summed E-state index contributed by atoms with van der Waals surface area (Å²) < 4.78 is 0. The number of aliphatic imine (C=N–C) groups is 1. The van der Waals surface area contributed by atoms with Crippen molar-refractivity contribution in [3.63, 3.8) is 0 Å². The first-order valence-corrected chi connectivity index (χ1v) is 3.33. The molecule has 0 aromatic heterocycles. The molecule has 50 valence electrons. The zero-order valence-electron chi connectivity index (χ0n) is 4.91. The predicted octanol–water partition coefficient (Wildman–Crippen LogP) is 0.377. The Morgan fingerprint density at radius 2 is 2.56 bits per heavy atom. The molecule has 2 N–H and O–H groups in total. The van der Waals surface area contributed by atoms with Gasteiger partial charge in [-0.25, -0.2) is 0 Å². The van der Waals surface area contributed by atoms with Crippen molar-refractivity contribution >= 4 is 24.8 Å². The van der Waals surface area contributed by atoms with Crippen LogP contribution in [0.5, 0.6) is 0 Å². The van der Waals surface area contributed by atoms with Gasteiger partial charge in [0.2, 0.25) is 0 Å². The van der Waals surface area contributed by atoms with E-state index in [1.54, 1.807) is 5.41 Å². The molecule has 0 aliphatic heterocycles. The molecule has 0 saturated heterocycles. The van der Waals surface area contributed by atoms with Gasteiger partial charge in [0, 0.05) is 11.3 Å². The Labute approximate surface area is 58.0 Å². The van der Waals surface area contributed by atoms with Gasteiger partial charge >= 0.3 is 0 Å². The average Bonchev–Trinajstić information content (AvgIpc) is 1.91.